The molecule has 0 aliphatic carbocycles. The van der Waals surface area contributed by atoms with Gasteiger partial charge in [-0.25, -0.2) is 17.6 Å². The standard InChI is InChI=1S/C18H20F2O3.C11H14F2O3/c19-16-10-15(14(6-8-21)7-9-22)18(11-17(16)20)23-12-13-4-2-1-3-5-13;12-9-5-8(11(16)6-10(9)13)7(1-3-14)2-4-15/h1-5,10-11,14,21-22H,6-9,12H2;5-7,14-16H,1-4H2. The third-order valence-corrected chi connectivity index (χ3v) is 6.15. The Morgan fingerprint density at radius 2 is 1.03 bits per heavy atom. The number of hydrogen-bond acceptors (Lipinski definition) is 6. The van der Waals surface area contributed by atoms with Crippen molar-refractivity contribution in [1.29, 1.82) is 0 Å². The molecule has 0 radical (unpaired) electrons. The summed E-state index contributed by atoms with van der Waals surface area (Å²) in [6, 6.07) is 13.1. The van der Waals surface area contributed by atoms with Crippen LogP contribution < -0.4 is 4.74 Å². The molecule has 0 bridgehead atoms. The Kier molecular flexibility index (Phi) is 13.7. The van der Waals surface area contributed by atoms with Crippen molar-refractivity contribution in [1.82, 2.24) is 0 Å². The zero-order valence-electron chi connectivity index (χ0n) is 21.4. The molecule has 3 aromatic rings. The molecule has 0 atom stereocenters. The maximum Gasteiger partial charge on any atom is 0.162 e. The van der Waals surface area contributed by atoms with Crippen LogP contribution in [-0.4, -0.2) is 52.0 Å². The van der Waals surface area contributed by atoms with Crippen LogP contribution in [0.3, 0.4) is 0 Å². The molecule has 214 valence electrons. The van der Waals surface area contributed by atoms with Crippen LogP contribution >= 0.6 is 0 Å². The lowest BCUT2D eigenvalue weighted by Gasteiger charge is -2.20. The highest BCUT2D eigenvalue weighted by atomic mass is 19.2. The number of phenols is 1. The molecule has 5 N–H and O–H groups in total. The van der Waals surface area contributed by atoms with Crippen molar-refractivity contribution in [3.05, 3.63) is 94.6 Å². The summed E-state index contributed by atoms with van der Waals surface area (Å²) in [4.78, 5) is 0. The Morgan fingerprint density at radius 3 is 1.54 bits per heavy atom. The Morgan fingerprint density at radius 1 is 0.590 bits per heavy atom. The molecule has 0 saturated heterocycles. The van der Waals surface area contributed by atoms with Gasteiger partial charge in [-0.05, 0) is 55.2 Å². The molecule has 3 rings (SSSR count). The molecule has 3 aromatic carbocycles. The Labute approximate surface area is 224 Å². The molecule has 0 aliphatic rings. The number of aromatic hydroxyl groups is 1. The van der Waals surface area contributed by atoms with E-state index in [1.165, 1.54) is 0 Å². The molecule has 0 spiro atoms. The van der Waals surface area contributed by atoms with Crippen molar-refractivity contribution >= 4 is 0 Å². The topological polar surface area (TPSA) is 110 Å². The molecule has 6 nitrogen and oxygen atoms in total. The quantitative estimate of drug-likeness (QED) is 0.192. The van der Waals surface area contributed by atoms with Crippen LogP contribution in [0.15, 0.2) is 54.6 Å². The second-order valence-electron chi connectivity index (χ2n) is 8.85. The number of aliphatic hydroxyl groups is 4. The van der Waals surface area contributed by atoms with Gasteiger partial charge in [-0.3, -0.25) is 0 Å². The Hall–Kier alpha value is -3.18. The lowest BCUT2D eigenvalue weighted by atomic mass is 9.92. The Bertz CT molecular complexity index is 1130. The largest absolute Gasteiger partial charge is 0.508 e. The molecule has 0 aromatic heterocycles. The van der Waals surface area contributed by atoms with Gasteiger partial charge in [-0.2, -0.15) is 0 Å². The fourth-order valence-electron chi connectivity index (χ4n) is 4.14. The third-order valence-electron chi connectivity index (χ3n) is 6.15. The number of halogens is 4. The fraction of sp³-hybridized carbons (Fsp3) is 0.379. The number of aliphatic hydroxyl groups excluding tert-OH is 4. The average molecular weight is 555 g/mol. The second-order valence-corrected chi connectivity index (χ2v) is 8.85. The Balaban J connectivity index is 0.000000293. The van der Waals surface area contributed by atoms with E-state index < -0.39 is 23.3 Å². The van der Waals surface area contributed by atoms with E-state index in [2.05, 4.69) is 0 Å². The summed E-state index contributed by atoms with van der Waals surface area (Å²) in [6.07, 6.45) is 1.24. The SMILES string of the molecule is OCCC(CCO)c1cc(F)c(F)cc1O.OCCC(CCO)c1cc(F)c(F)cc1OCc1ccccc1. The van der Waals surface area contributed by atoms with Gasteiger partial charge in [-0.15, -0.1) is 0 Å². The normalized spacial score (nSPS) is 11.0. The van der Waals surface area contributed by atoms with Gasteiger partial charge < -0.3 is 30.3 Å². The van der Waals surface area contributed by atoms with Crippen LogP contribution in [0.2, 0.25) is 0 Å². The van der Waals surface area contributed by atoms with Gasteiger partial charge in [0.25, 0.3) is 0 Å². The summed E-state index contributed by atoms with van der Waals surface area (Å²) in [7, 11) is 0. The van der Waals surface area contributed by atoms with Gasteiger partial charge in [0.15, 0.2) is 23.3 Å². The first-order valence-corrected chi connectivity index (χ1v) is 12.5. The van der Waals surface area contributed by atoms with Crippen LogP contribution in [0, 0.1) is 23.3 Å². The summed E-state index contributed by atoms with van der Waals surface area (Å²) >= 11 is 0. The smallest absolute Gasteiger partial charge is 0.162 e. The van der Waals surface area contributed by atoms with E-state index >= 15 is 0 Å². The second kappa shape index (κ2) is 16.7. The van der Waals surface area contributed by atoms with Gasteiger partial charge >= 0.3 is 0 Å². The number of benzene rings is 3. The van der Waals surface area contributed by atoms with E-state index in [1.807, 2.05) is 30.3 Å². The van der Waals surface area contributed by atoms with Crippen molar-refractivity contribution in [3.8, 4) is 11.5 Å². The van der Waals surface area contributed by atoms with Gasteiger partial charge in [0, 0.05) is 49.7 Å². The molecular weight excluding hydrogens is 520 g/mol. The lowest BCUT2D eigenvalue weighted by Crippen LogP contribution is -2.09. The molecule has 0 aliphatic heterocycles. The molecule has 0 fully saturated rings. The lowest BCUT2D eigenvalue weighted by molar-refractivity contribution is 0.236. The predicted molar refractivity (Wildman–Crippen MR) is 137 cm³/mol. The van der Waals surface area contributed by atoms with Crippen LogP contribution in [0.4, 0.5) is 17.6 Å². The van der Waals surface area contributed by atoms with Crippen LogP contribution in [0.25, 0.3) is 0 Å². The maximum atomic E-state index is 13.6. The first kappa shape index (κ1) is 32.0. The zero-order chi connectivity index (χ0) is 28.8. The van der Waals surface area contributed by atoms with E-state index in [1.54, 1.807) is 0 Å². The van der Waals surface area contributed by atoms with Crippen molar-refractivity contribution in [3.63, 3.8) is 0 Å². The minimum absolute atomic E-state index is 0.109. The van der Waals surface area contributed by atoms with Crippen LogP contribution in [-0.2, 0) is 6.61 Å². The van der Waals surface area contributed by atoms with Crippen molar-refractivity contribution in [2.45, 2.75) is 44.1 Å². The first-order chi connectivity index (χ1) is 18.7. The minimum Gasteiger partial charge on any atom is -0.508 e. The van der Waals surface area contributed by atoms with E-state index in [0.717, 1.165) is 23.8 Å². The number of phenolic OH excluding ortho intramolecular Hbond substituents is 1. The number of rotatable bonds is 13. The number of hydrogen-bond donors (Lipinski definition) is 5. The van der Waals surface area contributed by atoms with Crippen LogP contribution in [0.5, 0.6) is 11.5 Å². The van der Waals surface area contributed by atoms with E-state index in [0.29, 0.717) is 24.5 Å². The summed E-state index contributed by atoms with van der Waals surface area (Å²) in [5.41, 5.74) is 1.58. The molecule has 39 heavy (non-hydrogen) atoms. The fourth-order valence-corrected chi connectivity index (χ4v) is 4.14. The summed E-state index contributed by atoms with van der Waals surface area (Å²) in [5, 5.41) is 45.4. The number of ether oxygens (including phenoxy) is 1. The van der Waals surface area contributed by atoms with Crippen molar-refractivity contribution < 1.29 is 47.8 Å². The van der Waals surface area contributed by atoms with Gasteiger partial charge in [0.1, 0.15) is 18.1 Å². The van der Waals surface area contributed by atoms with E-state index in [-0.39, 0.29) is 74.8 Å². The molecule has 0 heterocycles. The summed E-state index contributed by atoms with van der Waals surface area (Å²) in [6.45, 7) is -0.292. The average Bonchev–Trinajstić information content (AvgIpc) is 2.92. The van der Waals surface area contributed by atoms with Gasteiger partial charge in [-0.1, -0.05) is 30.3 Å². The van der Waals surface area contributed by atoms with Gasteiger partial charge in [0.2, 0.25) is 0 Å². The molecule has 0 saturated carbocycles. The molecule has 0 amide bonds. The summed E-state index contributed by atoms with van der Waals surface area (Å²) < 4.78 is 58.6. The van der Waals surface area contributed by atoms with Crippen molar-refractivity contribution in [2.24, 2.45) is 0 Å². The van der Waals surface area contributed by atoms with Crippen LogP contribution in [0.1, 0.15) is 54.2 Å². The zero-order valence-corrected chi connectivity index (χ0v) is 21.4. The van der Waals surface area contributed by atoms with E-state index in [9.17, 15) is 22.7 Å². The maximum absolute atomic E-state index is 13.6. The van der Waals surface area contributed by atoms with Crippen molar-refractivity contribution in [2.75, 3.05) is 26.4 Å². The molecule has 0 unspecified atom stereocenters. The van der Waals surface area contributed by atoms with Gasteiger partial charge in [0.05, 0.1) is 0 Å². The highest BCUT2D eigenvalue weighted by Gasteiger charge is 2.20. The highest BCUT2D eigenvalue weighted by Crippen LogP contribution is 2.34. The molecular formula is C29H34F4O6. The van der Waals surface area contributed by atoms with E-state index in [4.69, 9.17) is 25.2 Å². The third kappa shape index (κ3) is 9.81. The predicted octanol–water partition coefficient (Wildman–Crippen LogP) is 4.91. The minimum atomic E-state index is -1.12. The molecule has 10 heteroatoms. The highest BCUT2D eigenvalue weighted by molar-refractivity contribution is 5.38. The first-order valence-electron chi connectivity index (χ1n) is 12.5. The summed E-state index contributed by atoms with van der Waals surface area (Å²) in [5.74, 6) is -4.92. The monoisotopic (exact) mass is 554 g/mol.